The lowest BCUT2D eigenvalue weighted by Gasteiger charge is -2.04. The molecule has 0 spiro atoms. The minimum absolute atomic E-state index is 0.0480. The van der Waals surface area contributed by atoms with E-state index in [1.54, 1.807) is 25.3 Å². The number of methoxy groups -OCH3 is 1. The number of amides is 1. The van der Waals surface area contributed by atoms with Crippen LogP contribution in [-0.2, 0) is 0 Å². The van der Waals surface area contributed by atoms with E-state index < -0.39 is 10.8 Å². The van der Waals surface area contributed by atoms with Crippen LogP contribution in [0.3, 0.4) is 0 Å². The normalized spacial score (nSPS) is 11.0. The lowest BCUT2D eigenvalue weighted by Crippen LogP contribution is -2.18. The van der Waals surface area contributed by atoms with Gasteiger partial charge >= 0.3 is 0 Å². The predicted octanol–water partition coefficient (Wildman–Crippen LogP) is 4.52. The van der Waals surface area contributed by atoms with Crippen LogP contribution in [0.2, 0.25) is 0 Å². The number of aromatic nitrogens is 1. The second-order valence-corrected chi connectivity index (χ2v) is 6.70. The van der Waals surface area contributed by atoms with Crippen molar-refractivity contribution < 1.29 is 14.5 Å². The average molecular weight is 414 g/mol. The van der Waals surface area contributed by atoms with Crippen LogP contribution in [0.15, 0.2) is 77.9 Å². The molecule has 0 saturated heterocycles. The Morgan fingerprint density at radius 2 is 1.84 bits per heavy atom. The molecule has 0 aliphatic carbocycles. The van der Waals surface area contributed by atoms with Crippen LogP contribution in [-0.4, -0.2) is 29.1 Å². The van der Waals surface area contributed by atoms with Gasteiger partial charge < -0.3 is 9.72 Å². The molecule has 1 heterocycles. The number of carbonyl (C=O) groups is 1. The second kappa shape index (κ2) is 8.50. The molecular weight excluding hydrogens is 396 g/mol. The molecule has 0 unspecified atom stereocenters. The Balaban J connectivity index is 1.69. The summed E-state index contributed by atoms with van der Waals surface area (Å²) in [6, 6.07) is 20.9. The molecule has 0 aliphatic rings. The first-order valence-corrected chi connectivity index (χ1v) is 9.40. The van der Waals surface area contributed by atoms with E-state index in [-0.39, 0.29) is 11.4 Å². The van der Waals surface area contributed by atoms with Crippen LogP contribution in [0, 0.1) is 10.1 Å². The molecule has 4 rings (SSSR count). The highest BCUT2D eigenvalue weighted by Crippen LogP contribution is 2.34. The summed E-state index contributed by atoms with van der Waals surface area (Å²) in [5.74, 6) is 0.267. The van der Waals surface area contributed by atoms with Crippen LogP contribution in [0.1, 0.15) is 16.1 Å². The maximum atomic E-state index is 12.9. The van der Waals surface area contributed by atoms with Gasteiger partial charge in [-0.1, -0.05) is 30.3 Å². The van der Waals surface area contributed by atoms with Gasteiger partial charge in [0.25, 0.3) is 11.6 Å². The molecule has 8 nitrogen and oxygen atoms in total. The van der Waals surface area contributed by atoms with Crippen molar-refractivity contribution in [2.45, 2.75) is 0 Å². The molecule has 0 bridgehead atoms. The van der Waals surface area contributed by atoms with Gasteiger partial charge in [-0.3, -0.25) is 14.9 Å². The quantitative estimate of drug-likeness (QED) is 0.275. The molecule has 0 saturated carbocycles. The third kappa shape index (κ3) is 4.13. The van der Waals surface area contributed by atoms with Crippen LogP contribution < -0.4 is 10.2 Å². The number of nitro benzene ring substituents is 1. The van der Waals surface area contributed by atoms with Crippen molar-refractivity contribution in [3.05, 3.63) is 94.2 Å². The Labute approximate surface area is 177 Å². The van der Waals surface area contributed by atoms with Gasteiger partial charge in [0.05, 0.1) is 18.2 Å². The molecule has 0 fully saturated rings. The highest BCUT2D eigenvalue weighted by Gasteiger charge is 2.21. The molecule has 31 heavy (non-hydrogen) atoms. The number of H-pyrrole nitrogens is 1. The van der Waals surface area contributed by atoms with Gasteiger partial charge in [0.1, 0.15) is 11.4 Å². The van der Waals surface area contributed by atoms with Crippen molar-refractivity contribution in [1.82, 2.24) is 10.4 Å². The number of hydrazone groups is 1. The Hall–Kier alpha value is -4.46. The van der Waals surface area contributed by atoms with E-state index in [9.17, 15) is 14.9 Å². The topological polar surface area (TPSA) is 110 Å². The largest absolute Gasteiger partial charge is 0.497 e. The molecule has 8 heteroatoms. The molecule has 1 amide bonds. The Kier molecular flexibility index (Phi) is 5.44. The third-order valence-electron chi connectivity index (χ3n) is 4.78. The zero-order valence-electron chi connectivity index (χ0n) is 16.5. The number of ether oxygens (including phenoxy) is 1. The SMILES string of the molecule is COc1ccc(/C=N/NC(=O)c2[nH]c3ccc([N+](=O)[O-])cc3c2-c2ccccc2)cc1. The van der Waals surface area contributed by atoms with Crippen molar-refractivity contribution in [2.24, 2.45) is 5.10 Å². The van der Waals surface area contributed by atoms with E-state index in [2.05, 4.69) is 15.5 Å². The number of fused-ring (bicyclic) bond motifs is 1. The van der Waals surface area contributed by atoms with Gasteiger partial charge in [0.15, 0.2) is 0 Å². The molecular formula is C23H18N4O4. The smallest absolute Gasteiger partial charge is 0.288 e. The summed E-state index contributed by atoms with van der Waals surface area (Å²) in [6.45, 7) is 0. The fraction of sp³-hybridized carbons (Fsp3) is 0.0435. The molecule has 0 atom stereocenters. The maximum Gasteiger partial charge on any atom is 0.288 e. The zero-order valence-corrected chi connectivity index (χ0v) is 16.5. The van der Waals surface area contributed by atoms with Crippen molar-refractivity contribution in [3.8, 4) is 16.9 Å². The highest BCUT2D eigenvalue weighted by molar-refractivity contribution is 6.10. The van der Waals surface area contributed by atoms with E-state index in [1.165, 1.54) is 18.3 Å². The number of carbonyl (C=O) groups excluding carboxylic acids is 1. The number of nitrogens with one attached hydrogen (secondary N) is 2. The van der Waals surface area contributed by atoms with Crippen molar-refractivity contribution >= 4 is 28.7 Å². The number of non-ortho nitro benzene ring substituents is 1. The molecule has 154 valence electrons. The van der Waals surface area contributed by atoms with Crippen LogP contribution in [0.4, 0.5) is 5.69 Å². The summed E-state index contributed by atoms with van der Waals surface area (Å²) in [5, 5.41) is 15.9. The molecule has 3 aromatic carbocycles. The van der Waals surface area contributed by atoms with Gasteiger partial charge in [-0.2, -0.15) is 5.10 Å². The number of benzene rings is 3. The van der Waals surface area contributed by atoms with E-state index in [4.69, 9.17) is 4.74 Å². The van der Waals surface area contributed by atoms with E-state index in [1.807, 2.05) is 42.5 Å². The lowest BCUT2D eigenvalue weighted by atomic mass is 10.0. The number of hydrogen-bond acceptors (Lipinski definition) is 5. The highest BCUT2D eigenvalue weighted by atomic mass is 16.6. The number of rotatable bonds is 6. The number of hydrogen-bond donors (Lipinski definition) is 2. The Morgan fingerprint density at radius 1 is 1.10 bits per heavy atom. The van der Waals surface area contributed by atoms with Crippen molar-refractivity contribution in [2.75, 3.05) is 7.11 Å². The Morgan fingerprint density at radius 3 is 2.52 bits per heavy atom. The first kappa shape index (κ1) is 19.8. The minimum Gasteiger partial charge on any atom is -0.497 e. The second-order valence-electron chi connectivity index (χ2n) is 6.70. The van der Waals surface area contributed by atoms with Crippen LogP contribution in [0.25, 0.3) is 22.0 Å². The number of aromatic amines is 1. The fourth-order valence-electron chi connectivity index (χ4n) is 3.28. The first-order chi connectivity index (χ1) is 15.1. The summed E-state index contributed by atoms with van der Waals surface area (Å²) in [7, 11) is 1.59. The van der Waals surface area contributed by atoms with E-state index in [0.717, 1.165) is 16.9 Å². The monoisotopic (exact) mass is 414 g/mol. The zero-order chi connectivity index (χ0) is 21.8. The molecule has 0 radical (unpaired) electrons. The van der Waals surface area contributed by atoms with Crippen LogP contribution >= 0.6 is 0 Å². The van der Waals surface area contributed by atoms with Gasteiger partial charge in [-0.05, 0) is 41.5 Å². The van der Waals surface area contributed by atoms with E-state index in [0.29, 0.717) is 16.5 Å². The molecule has 2 N–H and O–H groups in total. The average Bonchev–Trinajstić information content (AvgIpc) is 3.19. The van der Waals surface area contributed by atoms with Gasteiger partial charge in [0, 0.05) is 28.6 Å². The standard InChI is InChI=1S/C23H18N4O4/c1-31-18-10-7-15(8-11-18)14-24-26-23(28)22-21(16-5-3-2-4-6-16)19-13-17(27(29)30)9-12-20(19)25-22/h2-14,25H,1H3,(H,26,28)/b24-14+. The Bertz CT molecular complexity index is 1280. The van der Waals surface area contributed by atoms with Gasteiger partial charge in [0.2, 0.25) is 0 Å². The number of nitro groups is 1. The summed E-state index contributed by atoms with van der Waals surface area (Å²) < 4.78 is 5.12. The molecule has 0 aliphatic heterocycles. The summed E-state index contributed by atoms with van der Waals surface area (Å²) in [4.78, 5) is 26.8. The molecule has 1 aromatic heterocycles. The van der Waals surface area contributed by atoms with Gasteiger partial charge in [-0.15, -0.1) is 0 Å². The van der Waals surface area contributed by atoms with Gasteiger partial charge in [-0.25, -0.2) is 5.43 Å². The lowest BCUT2D eigenvalue weighted by molar-refractivity contribution is -0.384. The summed E-state index contributed by atoms with van der Waals surface area (Å²) >= 11 is 0. The maximum absolute atomic E-state index is 12.9. The fourth-order valence-corrected chi connectivity index (χ4v) is 3.28. The van der Waals surface area contributed by atoms with E-state index >= 15 is 0 Å². The van der Waals surface area contributed by atoms with Crippen molar-refractivity contribution in [1.29, 1.82) is 0 Å². The minimum atomic E-state index is -0.458. The van der Waals surface area contributed by atoms with Crippen LogP contribution in [0.5, 0.6) is 5.75 Å². The predicted molar refractivity (Wildman–Crippen MR) is 118 cm³/mol. The summed E-state index contributed by atoms with van der Waals surface area (Å²) in [5.41, 5.74) is 5.49. The third-order valence-corrected chi connectivity index (χ3v) is 4.78. The first-order valence-electron chi connectivity index (χ1n) is 9.40. The summed E-state index contributed by atoms with van der Waals surface area (Å²) in [6.07, 6.45) is 1.52. The van der Waals surface area contributed by atoms with Crippen molar-refractivity contribution in [3.63, 3.8) is 0 Å². The number of nitrogens with zero attached hydrogens (tertiary/aromatic N) is 2. The molecule has 4 aromatic rings.